The molecule has 2 nitrogen and oxygen atoms in total. The SMILES string of the molecule is c1ccc(-c2ccc(-c3cc(-c4ccccc4)nc(-c4cccc(-n5c6ccccc6c6c7sccc7ccc65)c4)c3)cc2)cc1. The number of thiophene rings is 1. The van der Waals surface area contributed by atoms with Crippen molar-refractivity contribution in [2.24, 2.45) is 0 Å². The Bertz CT molecular complexity index is 2510. The molecule has 0 fully saturated rings. The highest BCUT2D eigenvalue weighted by atomic mass is 32.1. The number of hydrogen-bond acceptors (Lipinski definition) is 2. The lowest BCUT2D eigenvalue weighted by Gasteiger charge is -2.13. The molecular weight excluding hydrogens is 577 g/mol. The van der Waals surface area contributed by atoms with E-state index in [9.17, 15) is 0 Å². The molecule has 216 valence electrons. The Morgan fingerprint density at radius 3 is 1.85 bits per heavy atom. The summed E-state index contributed by atoms with van der Waals surface area (Å²) in [6.45, 7) is 0. The molecule has 6 aromatic carbocycles. The molecular formula is C43H28N2S. The minimum Gasteiger partial charge on any atom is -0.309 e. The molecule has 9 rings (SSSR count). The van der Waals surface area contributed by atoms with Crippen molar-refractivity contribution in [3.8, 4) is 50.5 Å². The van der Waals surface area contributed by atoms with Gasteiger partial charge in [0.05, 0.1) is 22.4 Å². The number of benzene rings is 6. The van der Waals surface area contributed by atoms with Gasteiger partial charge in [0.25, 0.3) is 0 Å². The van der Waals surface area contributed by atoms with Gasteiger partial charge in [-0.05, 0) is 75.5 Å². The summed E-state index contributed by atoms with van der Waals surface area (Å²) in [6, 6.07) is 58.6. The van der Waals surface area contributed by atoms with Crippen LogP contribution in [0.4, 0.5) is 0 Å². The van der Waals surface area contributed by atoms with Crippen molar-refractivity contribution in [3.05, 3.63) is 169 Å². The molecule has 3 heterocycles. The summed E-state index contributed by atoms with van der Waals surface area (Å²) in [5, 5.41) is 6.08. The third-order valence-electron chi connectivity index (χ3n) is 8.88. The van der Waals surface area contributed by atoms with Crippen molar-refractivity contribution in [3.63, 3.8) is 0 Å². The van der Waals surface area contributed by atoms with Gasteiger partial charge in [-0.15, -0.1) is 11.3 Å². The van der Waals surface area contributed by atoms with E-state index in [-0.39, 0.29) is 0 Å². The maximum Gasteiger partial charge on any atom is 0.0716 e. The Morgan fingerprint density at radius 2 is 1.07 bits per heavy atom. The van der Waals surface area contributed by atoms with Crippen LogP contribution in [-0.2, 0) is 0 Å². The largest absolute Gasteiger partial charge is 0.309 e. The summed E-state index contributed by atoms with van der Waals surface area (Å²) in [6.07, 6.45) is 0. The van der Waals surface area contributed by atoms with Crippen LogP contribution in [0.1, 0.15) is 0 Å². The first kappa shape index (κ1) is 26.6. The number of nitrogens with zero attached hydrogens (tertiary/aromatic N) is 2. The number of fused-ring (bicyclic) bond motifs is 5. The molecule has 0 radical (unpaired) electrons. The number of rotatable bonds is 5. The third kappa shape index (κ3) is 4.52. The molecule has 0 aliphatic rings. The van der Waals surface area contributed by atoms with Crippen molar-refractivity contribution in [2.75, 3.05) is 0 Å². The first-order valence-corrected chi connectivity index (χ1v) is 16.4. The van der Waals surface area contributed by atoms with Crippen molar-refractivity contribution in [1.29, 1.82) is 0 Å². The van der Waals surface area contributed by atoms with Gasteiger partial charge in [-0.2, -0.15) is 0 Å². The van der Waals surface area contributed by atoms with Gasteiger partial charge in [0.2, 0.25) is 0 Å². The Balaban J connectivity index is 1.21. The highest BCUT2D eigenvalue weighted by Crippen LogP contribution is 2.40. The van der Waals surface area contributed by atoms with Crippen LogP contribution in [0.2, 0.25) is 0 Å². The summed E-state index contributed by atoms with van der Waals surface area (Å²) in [5.41, 5.74) is 12.4. The van der Waals surface area contributed by atoms with Gasteiger partial charge in [-0.25, -0.2) is 4.98 Å². The van der Waals surface area contributed by atoms with E-state index in [0.29, 0.717) is 0 Å². The lowest BCUT2D eigenvalue weighted by Crippen LogP contribution is -1.96. The van der Waals surface area contributed by atoms with Gasteiger partial charge in [0.15, 0.2) is 0 Å². The molecule has 9 aromatic rings. The van der Waals surface area contributed by atoms with E-state index in [1.165, 1.54) is 48.6 Å². The summed E-state index contributed by atoms with van der Waals surface area (Å²) >= 11 is 1.82. The van der Waals surface area contributed by atoms with Gasteiger partial charge >= 0.3 is 0 Å². The van der Waals surface area contributed by atoms with Crippen LogP contribution >= 0.6 is 11.3 Å². The fourth-order valence-electron chi connectivity index (χ4n) is 6.65. The highest BCUT2D eigenvalue weighted by molar-refractivity contribution is 7.18. The minimum absolute atomic E-state index is 0.951. The molecule has 0 atom stereocenters. The first-order chi connectivity index (χ1) is 22.8. The zero-order chi connectivity index (χ0) is 30.5. The van der Waals surface area contributed by atoms with Gasteiger partial charge in [-0.3, -0.25) is 0 Å². The molecule has 3 aromatic heterocycles. The molecule has 46 heavy (non-hydrogen) atoms. The zero-order valence-corrected chi connectivity index (χ0v) is 25.8. The first-order valence-electron chi connectivity index (χ1n) is 15.5. The molecule has 0 aliphatic carbocycles. The summed E-state index contributed by atoms with van der Waals surface area (Å²) < 4.78 is 3.74. The number of aromatic nitrogens is 2. The fourth-order valence-corrected chi connectivity index (χ4v) is 7.60. The Morgan fingerprint density at radius 1 is 0.435 bits per heavy atom. The van der Waals surface area contributed by atoms with Crippen LogP contribution in [0.5, 0.6) is 0 Å². The Kier molecular flexibility index (Phi) is 6.36. The molecule has 0 saturated carbocycles. The molecule has 0 bridgehead atoms. The van der Waals surface area contributed by atoms with Crippen LogP contribution in [0, 0.1) is 0 Å². The Hall–Kier alpha value is -5.77. The quantitative estimate of drug-likeness (QED) is 0.191. The van der Waals surface area contributed by atoms with E-state index in [2.05, 4.69) is 174 Å². The molecule has 0 saturated heterocycles. The fraction of sp³-hybridized carbons (Fsp3) is 0. The van der Waals surface area contributed by atoms with Crippen molar-refractivity contribution < 1.29 is 0 Å². The third-order valence-corrected chi connectivity index (χ3v) is 9.82. The van der Waals surface area contributed by atoms with E-state index in [4.69, 9.17) is 4.98 Å². The van der Waals surface area contributed by atoms with Gasteiger partial charge < -0.3 is 4.57 Å². The van der Waals surface area contributed by atoms with E-state index in [0.717, 1.165) is 33.8 Å². The Labute approximate surface area is 271 Å². The summed E-state index contributed by atoms with van der Waals surface area (Å²) in [4.78, 5) is 5.24. The summed E-state index contributed by atoms with van der Waals surface area (Å²) in [7, 11) is 0. The minimum atomic E-state index is 0.951. The predicted octanol–water partition coefficient (Wildman–Crippen LogP) is 12.1. The van der Waals surface area contributed by atoms with Crippen LogP contribution in [0.25, 0.3) is 82.3 Å². The second-order valence-electron chi connectivity index (χ2n) is 11.6. The normalized spacial score (nSPS) is 11.5. The van der Waals surface area contributed by atoms with E-state index in [1.54, 1.807) is 0 Å². The van der Waals surface area contributed by atoms with Crippen LogP contribution in [-0.4, -0.2) is 9.55 Å². The van der Waals surface area contributed by atoms with Crippen LogP contribution < -0.4 is 0 Å². The van der Waals surface area contributed by atoms with E-state index < -0.39 is 0 Å². The maximum absolute atomic E-state index is 5.24. The average Bonchev–Trinajstić information content (AvgIpc) is 3.75. The predicted molar refractivity (Wildman–Crippen MR) is 196 cm³/mol. The van der Waals surface area contributed by atoms with Gasteiger partial charge in [0.1, 0.15) is 0 Å². The zero-order valence-electron chi connectivity index (χ0n) is 25.0. The number of para-hydroxylation sites is 1. The summed E-state index contributed by atoms with van der Waals surface area (Å²) in [5.74, 6) is 0. The van der Waals surface area contributed by atoms with Crippen LogP contribution in [0.3, 0.4) is 0 Å². The molecule has 0 spiro atoms. The second-order valence-corrected chi connectivity index (χ2v) is 12.6. The monoisotopic (exact) mass is 604 g/mol. The average molecular weight is 605 g/mol. The lowest BCUT2D eigenvalue weighted by molar-refractivity contribution is 1.18. The lowest BCUT2D eigenvalue weighted by atomic mass is 9.97. The number of pyridine rings is 1. The molecule has 0 amide bonds. The highest BCUT2D eigenvalue weighted by Gasteiger charge is 2.16. The smallest absolute Gasteiger partial charge is 0.0716 e. The molecule has 0 N–H and O–H groups in total. The van der Waals surface area contributed by atoms with E-state index >= 15 is 0 Å². The van der Waals surface area contributed by atoms with Crippen LogP contribution in [0.15, 0.2) is 169 Å². The maximum atomic E-state index is 5.24. The molecule has 3 heteroatoms. The topological polar surface area (TPSA) is 17.8 Å². The van der Waals surface area contributed by atoms with Gasteiger partial charge in [-0.1, -0.05) is 121 Å². The van der Waals surface area contributed by atoms with Gasteiger partial charge in [0, 0.05) is 32.3 Å². The molecule has 0 aliphatic heterocycles. The van der Waals surface area contributed by atoms with E-state index in [1.807, 2.05) is 11.3 Å². The van der Waals surface area contributed by atoms with Crippen molar-refractivity contribution in [2.45, 2.75) is 0 Å². The molecule has 0 unspecified atom stereocenters. The van der Waals surface area contributed by atoms with Crippen molar-refractivity contribution >= 4 is 43.2 Å². The number of hydrogen-bond donors (Lipinski definition) is 0. The van der Waals surface area contributed by atoms with Crippen molar-refractivity contribution in [1.82, 2.24) is 9.55 Å². The second kappa shape index (κ2) is 11.0. The standard InChI is InChI=1S/C43H28N2S/c1-3-10-29(11-4-1)30-18-20-31(21-19-30)35-27-38(32-12-5-2-6-13-32)44-39(28-35)34-14-9-15-36(26-34)45-40-17-8-7-16-37(40)42-41(45)23-22-33-24-25-46-43(33)42/h1-28H.